The Bertz CT molecular complexity index is 1200. The van der Waals surface area contributed by atoms with Crippen LogP contribution < -0.4 is 10.6 Å². The molecule has 0 fully saturated rings. The number of hydrogen-bond acceptors (Lipinski definition) is 8. The van der Waals surface area contributed by atoms with Gasteiger partial charge < -0.3 is 20.5 Å². The van der Waals surface area contributed by atoms with Crippen molar-refractivity contribution in [3.8, 4) is 0 Å². The van der Waals surface area contributed by atoms with Gasteiger partial charge in [0.05, 0.1) is 23.3 Å². The Hall–Kier alpha value is -3.70. The van der Waals surface area contributed by atoms with E-state index in [-0.39, 0.29) is 23.3 Å². The predicted molar refractivity (Wildman–Crippen MR) is 132 cm³/mol. The fraction of sp³-hybridized carbons (Fsp3) is 0.520. The molecule has 0 aliphatic heterocycles. The first-order valence-corrected chi connectivity index (χ1v) is 11.7. The van der Waals surface area contributed by atoms with Crippen molar-refractivity contribution in [3.63, 3.8) is 0 Å². The van der Waals surface area contributed by atoms with E-state index >= 15 is 0 Å². The van der Waals surface area contributed by atoms with Crippen LogP contribution in [0.3, 0.4) is 0 Å². The van der Waals surface area contributed by atoms with Crippen LogP contribution in [0.4, 0.5) is 19.4 Å². The van der Waals surface area contributed by atoms with E-state index in [1.807, 2.05) is 0 Å². The second kappa shape index (κ2) is 11.6. The molecule has 1 heterocycles. The number of aryl methyl sites for hydroxylation is 1. The van der Waals surface area contributed by atoms with Gasteiger partial charge >= 0.3 is 12.1 Å². The number of ether oxygens (including phenoxy) is 1. The predicted octanol–water partition coefficient (Wildman–Crippen LogP) is 4.15. The number of benzene rings is 1. The number of alkyl carbamates (subject to hydrolysis) is 1. The minimum absolute atomic E-state index is 0.0116. The number of aliphatic carboxylic acids is 1. The summed E-state index contributed by atoms with van der Waals surface area (Å²) in [5.41, 5.74) is -1.76. The second-order valence-electron chi connectivity index (χ2n) is 9.80. The number of alkyl halides is 2. The number of hydrogen-bond donors (Lipinski definition) is 3. The first-order chi connectivity index (χ1) is 17.1. The molecule has 2 atom stereocenters. The third kappa shape index (κ3) is 7.64. The Morgan fingerprint density at radius 2 is 1.76 bits per heavy atom. The number of para-hydroxylation sites is 1. The summed E-state index contributed by atoms with van der Waals surface area (Å²) < 4.78 is 30.5. The van der Waals surface area contributed by atoms with Crippen LogP contribution >= 0.6 is 0 Å². The molecule has 1 aromatic heterocycles. The van der Waals surface area contributed by atoms with Crippen molar-refractivity contribution < 1.29 is 37.8 Å². The van der Waals surface area contributed by atoms with Crippen LogP contribution in [0, 0.1) is 12.8 Å². The largest absolute Gasteiger partial charge is 0.481 e. The van der Waals surface area contributed by atoms with Gasteiger partial charge in [-0.1, -0.05) is 13.0 Å². The van der Waals surface area contributed by atoms with Crippen molar-refractivity contribution >= 4 is 40.5 Å². The van der Waals surface area contributed by atoms with Crippen molar-refractivity contribution in [3.05, 3.63) is 29.5 Å². The second-order valence-corrected chi connectivity index (χ2v) is 9.80. The topological polar surface area (TPSA) is 148 Å². The van der Waals surface area contributed by atoms with Gasteiger partial charge in [0.25, 0.3) is 6.43 Å². The van der Waals surface area contributed by atoms with Crippen LogP contribution in [0.5, 0.6) is 0 Å². The molecule has 10 nitrogen and oxygen atoms in total. The summed E-state index contributed by atoms with van der Waals surface area (Å²) in [7, 11) is 0. The zero-order valence-electron chi connectivity index (χ0n) is 21.6. The lowest BCUT2D eigenvalue weighted by molar-refractivity contribution is -0.148. The number of amides is 1. The summed E-state index contributed by atoms with van der Waals surface area (Å²) in [6, 6.07) is 4.49. The molecule has 0 saturated heterocycles. The maximum absolute atomic E-state index is 13.3. The molecule has 2 aromatic rings. The van der Waals surface area contributed by atoms with Gasteiger partial charge in [-0.05, 0) is 53.2 Å². The minimum Gasteiger partial charge on any atom is -0.481 e. The number of carboxylic acids is 1. The van der Waals surface area contributed by atoms with Gasteiger partial charge in [-0.3, -0.25) is 14.4 Å². The smallest absolute Gasteiger partial charge is 0.408 e. The summed E-state index contributed by atoms with van der Waals surface area (Å²) in [5, 5.41) is 14.7. The van der Waals surface area contributed by atoms with Crippen LogP contribution in [0.15, 0.2) is 18.2 Å². The van der Waals surface area contributed by atoms with Gasteiger partial charge in [-0.25, -0.2) is 23.5 Å². The van der Waals surface area contributed by atoms with E-state index in [1.54, 1.807) is 40.7 Å². The highest BCUT2D eigenvalue weighted by Crippen LogP contribution is 2.25. The van der Waals surface area contributed by atoms with Crippen molar-refractivity contribution in [2.45, 2.75) is 71.9 Å². The molecule has 1 aromatic carbocycles. The lowest BCUT2D eigenvalue weighted by Crippen LogP contribution is -2.56. The fourth-order valence-corrected chi connectivity index (χ4v) is 3.56. The number of nitrogens with zero attached hydrogens (tertiary/aromatic N) is 2. The van der Waals surface area contributed by atoms with Gasteiger partial charge in [-0.15, -0.1) is 0 Å². The van der Waals surface area contributed by atoms with E-state index in [0.717, 1.165) is 0 Å². The third-order valence-corrected chi connectivity index (χ3v) is 5.63. The zero-order valence-corrected chi connectivity index (χ0v) is 21.6. The SMILES string of the molecule is CCC(C)(NC(=O)OC(C)(C)C)C(=O)C(CC(=O)c1cccc2nc(C)c(NCC(F)F)nc12)C(=O)O. The highest BCUT2D eigenvalue weighted by atomic mass is 19.3. The molecule has 0 aliphatic carbocycles. The monoisotopic (exact) mass is 522 g/mol. The third-order valence-electron chi connectivity index (χ3n) is 5.63. The van der Waals surface area contributed by atoms with Crippen molar-refractivity contribution in [1.29, 1.82) is 0 Å². The van der Waals surface area contributed by atoms with Crippen LogP contribution in [0.2, 0.25) is 0 Å². The molecule has 3 N–H and O–H groups in total. The Labute approximate surface area is 213 Å². The van der Waals surface area contributed by atoms with Gasteiger partial charge in [0, 0.05) is 12.0 Å². The summed E-state index contributed by atoms with van der Waals surface area (Å²) in [5.74, 6) is -4.84. The van der Waals surface area contributed by atoms with E-state index in [1.165, 1.54) is 19.1 Å². The Morgan fingerprint density at radius 1 is 1.11 bits per heavy atom. The number of Topliss-reactive ketones (excluding diaryl/α,β-unsaturated/α-hetero) is 2. The molecule has 0 spiro atoms. The van der Waals surface area contributed by atoms with Crippen molar-refractivity contribution in [2.24, 2.45) is 5.92 Å². The van der Waals surface area contributed by atoms with Crippen molar-refractivity contribution in [1.82, 2.24) is 15.3 Å². The van der Waals surface area contributed by atoms with E-state index in [4.69, 9.17) is 4.74 Å². The summed E-state index contributed by atoms with van der Waals surface area (Å²) in [6.07, 6.45) is -4.21. The van der Waals surface area contributed by atoms with Gasteiger partial charge in [0.15, 0.2) is 11.6 Å². The number of ketones is 2. The minimum atomic E-state index is -2.64. The summed E-state index contributed by atoms with van der Waals surface area (Å²) in [6.45, 7) is 8.77. The lowest BCUT2D eigenvalue weighted by Gasteiger charge is -2.31. The van der Waals surface area contributed by atoms with Gasteiger partial charge in [0.1, 0.15) is 22.9 Å². The standard InChI is InChI=1S/C25H32F2N4O6/c1-7-25(6,31-23(36)37-24(3,4)5)20(33)15(22(34)35)11-17(32)14-9-8-10-16-19(14)30-21(13(2)29-16)28-12-18(26)27/h8-10,15,18H,7,11-12H2,1-6H3,(H,28,30)(H,31,36)(H,34,35). The molecule has 202 valence electrons. The molecular weight excluding hydrogens is 490 g/mol. The number of rotatable bonds is 11. The highest BCUT2D eigenvalue weighted by molar-refractivity contribution is 6.12. The summed E-state index contributed by atoms with van der Waals surface area (Å²) >= 11 is 0. The maximum Gasteiger partial charge on any atom is 0.408 e. The maximum atomic E-state index is 13.3. The highest BCUT2D eigenvalue weighted by Gasteiger charge is 2.43. The number of nitrogens with one attached hydrogen (secondary N) is 2. The summed E-state index contributed by atoms with van der Waals surface area (Å²) in [4.78, 5) is 59.5. The zero-order chi connectivity index (χ0) is 28.1. The fourth-order valence-electron chi connectivity index (χ4n) is 3.56. The average molecular weight is 523 g/mol. The Balaban J connectivity index is 2.38. The number of anilines is 1. The van der Waals surface area contributed by atoms with Crippen LogP contribution in [-0.2, 0) is 14.3 Å². The van der Waals surface area contributed by atoms with Crippen LogP contribution in [0.1, 0.15) is 63.5 Å². The van der Waals surface area contributed by atoms with E-state index < -0.39 is 60.1 Å². The first kappa shape index (κ1) is 29.5. The molecule has 0 saturated carbocycles. The Kier molecular flexibility index (Phi) is 9.23. The molecule has 2 rings (SSSR count). The lowest BCUT2D eigenvalue weighted by atomic mass is 9.82. The number of halogens is 2. The van der Waals surface area contributed by atoms with Crippen LogP contribution in [0.25, 0.3) is 11.0 Å². The molecule has 0 bridgehead atoms. The molecule has 0 aliphatic rings. The van der Waals surface area contributed by atoms with Gasteiger partial charge in [-0.2, -0.15) is 0 Å². The number of carbonyl (C=O) groups is 4. The first-order valence-electron chi connectivity index (χ1n) is 11.7. The van der Waals surface area contributed by atoms with Crippen LogP contribution in [-0.4, -0.2) is 62.8 Å². The van der Waals surface area contributed by atoms with E-state index in [2.05, 4.69) is 20.6 Å². The van der Waals surface area contributed by atoms with E-state index in [0.29, 0.717) is 11.2 Å². The normalized spacial score (nSPS) is 14.1. The number of carboxylic acid groups (broad SMARTS) is 1. The molecular formula is C25H32F2N4O6. The molecule has 0 radical (unpaired) electrons. The number of aromatic nitrogens is 2. The molecule has 37 heavy (non-hydrogen) atoms. The Morgan fingerprint density at radius 3 is 2.30 bits per heavy atom. The number of carbonyl (C=O) groups excluding carboxylic acids is 3. The van der Waals surface area contributed by atoms with E-state index in [9.17, 15) is 33.1 Å². The molecule has 1 amide bonds. The molecule has 12 heteroatoms. The number of fused-ring (bicyclic) bond motifs is 1. The quantitative estimate of drug-likeness (QED) is 0.292. The molecule has 2 unspecified atom stereocenters. The average Bonchev–Trinajstić information content (AvgIpc) is 2.78. The van der Waals surface area contributed by atoms with Crippen molar-refractivity contribution in [2.75, 3.05) is 11.9 Å². The van der Waals surface area contributed by atoms with Gasteiger partial charge in [0.2, 0.25) is 0 Å².